The van der Waals surface area contributed by atoms with Crippen LogP contribution in [0.1, 0.15) is 18.0 Å². The Kier molecular flexibility index (Phi) is 4.79. The molecule has 0 aromatic heterocycles. The van der Waals surface area contributed by atoms with E-state index in [9.17, 15) is 13.2 Å². The zero-order valence-corrected chi connectivity index (χ0v) is 14.4. The van der Waals surface area contributed by atoms with Crippen molar-refractivity contribution in [3.8, 4) is 0 Å². The summed E-state index contributed by atoms with van der Waals surface area (Å²) in [5, 5.41) is 10.7. The average molecular weight is 363 g/mol. The fourth-order valence-corrected chi connectivity index (χ4v) is 4.19. The maximum atomic E-state index is 12.2. The van der Waals surface area contributed by atoms with Crippen LogP contribution in [0.4, 0.5) is 10.5 Å². The molecule has 1 aliphatic heterocycles. The molecule has 2 amide bonds. The highest BCUT2D eigenvalue weighted by atomic mass is 32.2. The molecule has 1 atom stereocenters. The highest BCUT2D eigenvalue weighted by molar-refractivity contribution is 7.99. The van der Waals surface area contributed by atoms with Crippen molar-refractivity contribution in [3.05, 3.63) is 54.1 Å². The molecule has 3 rings (SSSR count). The van der Waals surface area contributed by atoms with Crippen molar-refractivity contribution in [3.63, 3.8) is 0 Å². The quantitative estimate of drug-likeness (QED) is 0.780. The minimum Gasteiger partial charge on any atom is -0.331 e. The number of carbonyl (C=O) groups is 1. The first kappa shape index (κ1) is 16.8. The van der Waals surface area contributed by atoms with Crippen LogP contribution in [0.2, 0.25) is 0 Å². The fourth-order valence-electron chi connectivity index (χ4n) is 2.55. The van der Waals surface area contributed by atoms with Gasteiger partial charge >= 0.3 is 6.03 Å². The highest BCUT2D eigenvalue weighted by Crippen LogP contribution is 2.35. The van der Waals surface area contributed by atoms with Gasteiger partial charge in [0.25, 0.3) is 0 Å². The molecule has 0 saturated heterocycles. The molecule has 126 valence electrons. The number of fused-ring (bicyclic) bond motifs is 1. The molecular weight excluding hydrogens is 346 g/mol. The van der Waals surface area contributed by atoms with E-state index in [1.165, 1.54) is 29.2 Å². The second kappa shape index (κ2) is 6.84. The zero-order chi connectivity index (χ0) is 17.2. The van der Waals surface area contributed by atoms with Crippen LogP contribution in [0.3, 0.4) is 0 Å². The van der Waals surface area contributed by atoms with Gasteiger partial charge in [0, 0.05) is 16.3 Å². The summed E-state index contributed by atoms with van der Waals surface area (Å²) < 4.78 is 22.4. The predicted molar refractivity (Wildman–Crippen MR) is 94.5 cm³/mol. The van der Waals surface area contributed by atoms with E-state index in [-0.39, 0.29) is 17.0 Å². The lowest BCUT2D eigenvalue weighted by atomic mass is 10.0. The van der Waals surface area contributed by atoms with Crippen LogP contribution >= 0.6 is 11.8 Å². The van der Waals surface area contributed by atoms with E-state index in [2.05, 4.69) is 16.7 Å². The van der Waals surface area contributed by atoms with E-state index in [4.69, 9.17) is 5.14 Å². The molecule has 0 fully saturated rings. The van der Waals surface area contributed by atoms with Crippen molar-refractivity contribution >= 4 is 33.5 Å². The maximum absolute atomic E-state index is 12.2. The number of rotatable bonds is 3. The van der Waals surface area contributed by atoms with Gasteiger partial charge in [-0.05, 0) is 42.3 Å². The molecule has 2 aromatic carbocycles. The van der Waals surface area contributed by atoms with Crippen LogP contribution in [0, 0.1) is 0 Å². The van der Waals surface area contributed by atoms with Crippen molar-refractivity contribution in [2.45, 2.75) is 22.3 Å². The number of benzene rings is 2. The van der Waals surface area contributed by atoms with E-state index in [1.807, 2.05) is 18.2 Å². The SMILES string of the molecule is NS(=O)(=O)c1ccc(NC(=O)NC2CCSc3ccccc32)cc1. The van der Waals surface area contributed by atoms with Crippen molar-refractivity contribution in [1.29, 1.82) is 0 Å². The molecule has 1 heterocycles. The monoisotopic (exact) mass is 363 g/mol. The van der Waals surface area contributed by atoms with Crippen LogP contribution in [0.5, 0.6) is 0 Å². The van der Waals surface area contributed by atoms with Crippen LogP contribution in [0.15, 0.2) is 58.3 Å². The largest absolute Gasteiger partial charge is 0.331 e. The molecule has 8 heteroatoms. The van der Waals surface area contributed by atoms with Crippen LogP contribution in [0.25, 0.3) is 0 Å². The predicted octanol–water partition coefficient (Wildman–Crippen LogP) is 2.69. The van der Waals surface area contributed by atoms with E-state index < -0.39 is 10.0 Å². The molecule has 1 aliphatic rings. The number of primary sulfonamides is 1. The molecule has 0 radical (unpaired) electrons. The van der Waals surface area contributed by atoms with Crippen molar-refractivity contribution in [2.75, 3.05) is 11.1 Å². The molecule has 4 N–H and O–H groups in total. The smallest absolute Gasteiger partial charge is 0.319 e. The third-order valence-corrected chi connectivity index (χ3v) is 5.76. The normalized spacial score (nSPS) is 17.0. The Hall–Kier alpha value is -2.03. The summed E-state index contributed by atoms with van der Waals surface area (Å²) in [6.45, 7) is 0. The first-order valence-electron chi connectivity index (χ1n) is 7.35. The Morgan fingerprint density at radius 3 is 2.54 bits per heavy atom. The van der Waals surface area contributed by atoms with Gasteiger partial charge in [0.15, 0.2) is 0 Å². The summed E-state index contributed by atoms with van der Waals surface area (Å²) in [5.74, 6) is 0.949. The molecule has 24 heavy (non-hydrogen) atoms. The van der Waals surface area contributed by atoms with Crippen LogP contribution in [-0.4, -0.2) is 20.2 Å². The lowest BCUT2D eigenvalue weighted by Crippen LogP contribution is -2.34. The minimum atomic E-state index is -3.73. The maximum Gasteiger partial charge on any atom is 0.319 e. The number of thioether (sulfide) groups is 1. The molecule has 1 unspecified atom stereocenters. The minimum absolute atomic E-state index is 0.00620. The van der Waals surface area contributed by atoms with Crippen molar-refractivity contribution in [2.24, 2.45) is 5.14 Å². The summed E-state index contributed by atoms with van der Waals surface area (Å²) in [5.41, 5.74) is 1.62. The van der Waals surface area contributed by atoms with Gasteiger partial charge in [-0.15, -0.1) is 11.8 Å². The molecular formula is C16H17N3O3S2. The Morgan fingerprint density at radius 1 is 1.12 bits per heavy atom. The summed E-state index contributed by atoms with van der Waals surface area (Å²) in [7, 11) is -3.73. The van der Waals surface area contributed by atoms with Crippen molar-refractivity contribution < 1.29 is 13.2 Å². The number of hydrogen-bond donors (Lipinski definition) is 3. The standard InChI is InChI=1S/C16H17N3O3S2/c17-24(21,22)12-7-5-11(6-8-12)18-16(20)19-14-9-10-23-15-4-2-1-3-13(14)15/h1-8,14H,9-10H2,(H2,17,21,22)(H2,18,19,20). The lowest BCUT2D eigenvalue weighted by molar-refractivity contribution is 0.248. The Bertz CT molecular complexity index is 851. The number of amides is 2. The number of carbonyl (C=O) groups excluding carboxylic acids is 1. The van der Waals surface area contributed by atoms with Gasteiger partial charge in [0.1, 0.15) is 0 Å². The number of urea groups is 1. The molecule has 6 nitrogen and oxygen atoms in total. The topological polar surface area (TPSA) is 101 Å². The molecule has 0 spiro atoms. The first-order chi connectivity index (χ1) is 11.4. The Balaban J connectivity index is 1.66. The van der Waals surface area contributed by atoms with E-state index in [1.54, 1.807) is 11.8 Å². The number of anilines is 1. The van der Waals surface area contributed by atoms with Crippen LogP contribution in [-0.2, 0) is 10.0 Å². The number of nitrogens with two attached hydrogens (primary N) is 1. The molecule has 0 bridgehead atoms. The second-order valence-corrected chi connectivity index (χ2v) is 8.09. The van der Waals surface area contributed by atoms with E-state index in [0.29, 0.717) is 5.69 Å². The molecule has 0 aliphatic carbocycles. The Morgan fingerprint density at radius 2 is 1.83 bits per heavy atom. The summed E-state index contributed by atoms with van der Waals surface area (Å²) in [6.07, 6.45) is 0.861. The number of sulfonamides is 1. The van der Waals surface area contributed by atoms with Gasteiger partial charge in [0.2, 0.25) is 10.0 Å². The second-order valence-electron chi connectivity index (χ2n) is 5.40. The zero-order valence-electron chi connectivity index (χ0n) is 12.7. The molecule has 2 aromatic rings. The van der Waals surface area contributed by atoms with E-state index >= 15 is 0 Å². The summed E-state index contributed by atoms with van der Waals surface area (Å²) >= 11 is 1.79. The van der Waals surface area contributed by atoms with E-state index in [0.717, 1.165) is 17.7 Å². The van der Waals surface area contributed by atoms with Crippen LogP contribution < -0.4 is 15.8 Å². The van der Waals surface area contributed by atoms with Gasteiger partial charge in [-0.2, -0.15) is 0 Å². The first-order valence-corrected chi connectivity index (χ1v) is 9.89. The van der Waals surface area contributed by atoms with Gasteiger partial charge < -0.3 is 10.6 Å². The lowest BCUT2D eigenvalue weighted by Gasteiger charge is -2.25. The number of nitrogens with one attached hydrogen (secondary N) is 2. The molecule has 0 saturated carbocycles. The van der Waals surface area contributed by atoms with Gasteiger partial charge in [-0.25, -0.2) is 18.4 Å². The van der Waals surface area contributed by atoms with Crippen molar-refractivity contribution in [1.82, 2.24) is 5.32 Å². The van der Waals surface area contributed by atoms with Gasteiger partial charge in [-0.3, -0.25) is 0 Å². The third-order valence-electron chi connectivity index (χ3n) is 3.70. The third kappa shape index (κ3) is 3.89. The number of hydrogen-bond acceptors (Lipinski definition) is 4. The Labute approximate surface area is 144 Å². The van der Waals surface area contributed by atoms with Gasteiger partial charge in [0.05, 0.1) is 10.9 Å². The summed E-state index contributed by atoms with van der Waals surface area (Å²) in [4.78, 5) is 13.4. The average Bonchev–Trinajstić information content (AvgIpc) is 2.55. The fraction of sp³-hybridized carbons (Fsp3) is 0.188. The van der Waals surface area contributed by atoms with Gasteiger partial charge in [-0.1, -0.05) is 18.2 Å². The summed E-state index contributed by atoms with van der Waals surface area (Å²) in [6, 6.07) is 13.4. The highest BCUT2D eigenvalue weighted by Gasteiger charge is 2.21.